The van der Waals surface area contributed by atoms with E-state index in [0.29, 0.717) is 11.5 Å². The molecule has 2 N–H and O–H groups in total. The van der Waals surface area contributed by atoms with Gasteiger partial charge in [0.05, 0.1) is 24.9 Å². The Morgan fingerprint density at radius 1 is 1.40 bits per heavy atom. The number of amides is 1. The van der Waals surface area contributed by atoms with Gasteiger partial charge in [-0.2, -0.15) is 10.2 Å². The van der Waals surface area contributed by atoms with Gasteiger partial charge in [-0.15, -0.1) is 0 Å². The van der Waals surface area contributed by atoms with Crippen LogP contribution in [0.25, 0.3) is 0 Å². The van der Waals surface area contributed by atoms with Crippen LogP contribution in [0.15, 0.2) is 12.4 Å². The van der Waals surface area contributed by atoms with Gasteiger partial charge in [0.2, 0.25) is 5.91 Å². The normalized spacial score (nSPS) is 13.9. The number of carbonyl (C=O) groups excluding carboxylic acids is 1. The Bertz CT molecular complexity index is 743. The zero-order chi connectivity index (χ0) is 18.8. The number of carbonyl (C=O) groups is 1. The highest BCUT2D eigenvalue weighted by molar-refractivity contribution is 5.79. The maximum atomic E-state index is 12.4. The van der Waals surface area contributed by atoms with E-state index in [2.05, 4.69) is 29.4 Å². The topological polar surface area (TPSA) is 85.0 Å². The predicted molar refractivity (Wildman–Crippen MR) is 96.0 cm³/mol. The SMILES string of the molecule is Cc1nn(CC(C)C)c(C)c1CC(=O)NCC(C)(O)c1cnn(C)c1. The Balaban J connectivity index is 2.00. The first-order valence-electron chi connectivity index (χ1n) is 8.61. The molecule has 1 amide bonds. The minimum atomic E-state index is -1.16. The molecule has 2 aromatic heterocycles. The van der Waals surface area contributed by atoms with Gasteiger partial charge in [0.25, 0.3) is 0 Å². The second kappa shape index (κ2) is 7.39. The Morgan fingerprint density at radius 3 is 2.64 bits per heavy atom. The third kappa shape index (κ3) is 4.69. The molecule has 138 valence electrons. The molecular formula is C18H29N5O2. The highest BCUT2D eigenvalue weighted by Gasteiger charge is 2.26. The fourth-order valence-electron chi connectivity index (χ4n) is 2.81. The molecule has 7 heteroatoms. The van der Waals surface area contributed by atoms with E-state index >= 15 is 0 Å². The van der Waals surface area contributed by atoms with Gasteiger partial charge in [-0.3, -0.25) is 14.2 Å². The molecule has 25 heavy (non-hydrogen) atoms. The lowest BCUT2D eigenvalue weighted by atomic mass is 9.99. The van der Waals surface area contributed by atoms with E-state index in [9.17, 15) is 9.90 Å². The molecule has 0 aliphatic heterocycles. The summed E-state index contributed by atoms with van der Waals surface area (Å²) in [6, 6.07) is 0. The van der Waals surface area contributed by atoms with Crippen LogP contribution in [-0.2, 0) is 30.4 Å². The molecule has 1 unspecified atom stereocenters. The monoisotopic (exact) mass is 347 g/mol. The van der Waals surface area contributed by atoms with Crippen molar-refractivity contribution >= 4 is 5.91 Å². The summed E-state index contributed by atoms with van der Waals surface area (Å²) < 4.78 is 3.59. The zero-order valence-electron chi connectivity index (χ0n) is 16.0. The molecular weight excluding hydrogens is 318 g/mol. The number of aromatic nitrogens is 4. The average molecular weight is 347 g/mol. The molecule has 0 saturated heterocycles. The number of hydrogen-bond acceptors (Lipinski definition) is 4. The minimum absolute atomic E-state index is 0.125. The van der Waals surface area contributed by atoms with Gasteiger partial charge in [0.15, 0.2) is 0 Å². The molecule has 0 bridgehead atoms. The average Bonchev–Trinajstić information content (AvgIpc) is 3.05. The summed E-state index contributed by atoms with van der Waals surface area (Å²) in [5, 5.41) is 22.0. The van der Waals surface area contributed by atoms with Crippen LogP contribution in [0.4, 0.5) is 0 Å². The molecule has 7 nitrogen and oxygen atoms in total. The predicted octanol–water partition coefficient (Wildman–Crippen LogP) is 1.46. The first-order chi connectivity index (χ1) is 11.6. The third-order valence-corrected chi connectivity index (χ3v) is 4.36. The van der Waals surface area contributed by atoms with Crippen molar-refractivity contribution < 1.29 is 9.90 Å². The van der Waals surface area contributed by atoms with Gasteiger partial charge in [-0.05, 0) is 26.7 Å². The molecule has 1 atom stereocenters. The minimum Gasteiger partial charge on any atom is -0.383 e. The highest BCUT2D eigenvalue weighted by Crippen LogP contribution is 2.19. The second-order valence-corrected chi connectivity index (χ2v) is 7.36. The Kier molecular flexibility index (Phi) is 5.67. The molecule has 0 spiro atoms. The van der Waals surface area contributed by atoms with Crippen LogP contribution in [0.2, 0.25) is 0 Å². The van der Waals surface area contributed by atoms with Crippen molar-refractivity contribution in [3.05, 3.63) is 34.9 Å². The number of nitrogens with one attached hydrogen (secondary N) is 1. The molecule has 0 saturated carbocycles. The van der Waals surface area contributed by atoms with Gasteiger partial charge in [0.1, 0.15) is 5.60 Å². The first-order valence-corrected chi connectivity index (χ1v) is 8.61. The van der Waals surface area contributed by atoms with Crippen LogP contribution >= 0.6 is 0 Å². The van der Waals surface area contributed by atoms with E-state index in [1.165, 1.54) is 0 Å². The van der Waals surface area contributed by atoms with Crippen LogP contribution in [0.5, 0.6) is 0 Å². The van der Waals surface area contributed by atoms with Crippen LogP contribution < -0.4 is 5.32 Å². The van der Waals surface area contributed by atoms with E-state index < -0.39 is 5.60 Å². The summed E-state index contributed by atoms with van der Waals surface area (Å²) in [6.45, 7) is 10.9. The lowest BCUT2D eigenvalue weighted by Crippen LogP contribution is -2.39. The maximum absolute atomic E-state index is 12.4. The number of hydrogen-bond donors (Lipinski definition) is 2. The molecule has 0 aromatic carbocycles. The van der Waals surface area contributed by atoms with Crippen molar-refractivity contribution in [3.8, 4) is 0 Å². The molecule has 0 fully saturated rings. The van der Waals surface area contributed by atoms with Crippen molar-refractivity contribution in [1.82, 2.24) is 24.9 Å². The fraction of sp³-hybridized carbons (Fsp3) is 0.611. The maximum Gasteiger partial charge on any atom is 0.224 e. The quantitative estimate of drug-likeness (QED) is 0.794. The van der Waals surface area contributed by atoms with Crippen molar-refractivity contribution in [3.63, 3.8) is 0 Å². The summed E-state index contributed by atoms with van der Waals surface area (Å²) in [7, 11) is 1.79. The molecule has 2 rings (SSSR count). The molecule has 2 heterocycles. The van der Waals surface area contributed by atoms with Gasteiger partial charge in [0, 0.05) is 36.6 Å². The Labute approximate surface area is 149 Å². The van der Waals surface area contributed by atoms with Crippen LogP contribution in [-0.4, -0.2) is 37.1 Å². The number of aliphatic hydroxyl groups is 1. The number of rotatable bonds is 7. The van der Waals surface area contributed by atoms with Gasteiger partial charge < -0.3 is 10.4 Å². The fourth-order valence-corrected chi connectivity index (χ4v) is 2.81. The standard InChI is InChI=1S/C18H29N5O2/c1-12(2)9-23-14(4)16(13(3)21-23)7-17(24)19-11-18(5,25)15-8-20-22(6)10-15/h8,10,12,25H,7,9,11H2,1-6H3,(H,19,24). The molecule has 0 aliphatic rings. The second-order valence-electron chi connectivity index (χ2n) is 7.36. The van der Waals surface area contributed by atoms with Crippen LogP contribution in [0.1, 0.15) is 43.3 Å². The smallest absolute Gasteiger partial charge is 0.224 e. The van der Waals surface area contributed by atoms with E-state index in [0.717, 1.165) is 23.5 Å². The van der Waals surface area contributed by atoms with Crippen molar-refractivity contribution in [2.24, 2.45) is 13.0 Å². The lowest BCUT2D eigenvalue weighted by Gasteiger charge is -2.22. The molecule has 0 aliphatic carbocycles. The molecule has 0 radical (unpaired) electrons. The number of nitrogens with zero attached hydrogens (tertiary/aromatic N) is 4. The summed E-state index contributed by atoms with van der Waals surface area (Å²) in [4.78, 5) is 12.4. The van der Waals surface area contributed by atoms with Crippen LogP contribution in [0, 0.1) is 19.8 Å². The van der Waals surface area contributed by atoms with Crippen molar-refractivity contribution in [1.29, 1.82) is 0 Å². The third-order valence-electron chi connectivity index (χ3n) is 4.36. The molecule has 2 aromatic rings. The van der Waals surface area contributed by atoms with E-state index in [-0.39, 0.29) is 18.9 Å². The Morgan fingerprint density at radius 2 is 2.08 bits per heavy atom. The van der Waals surface area contributed by atoms with E-state index in [4.69, 9.17) is 0 Å². The summed E-state index contributed by atoms with van der Waals surface area (Å²) in [5.41, 5.74) is 2.38. The van der Waals surface area contributed by atoms with E-state index in [1.54, 1.807) is 31.0 Å². The summed E-state index contributed by atoms with van der Waals surface area (Å²) in [6.07, 6.45) is 3.62. The van der Waals surface area contributed by atoms with Crippen molar-refractivity contribution in [2.75, 3.05) is 6.54 Å². The largest absolute Gasteiger partial charge is 0.383 e. The van der Waals surface area contributed by atoms with Crippen LogP contribution in [0.3, 0.4) is 0 Å². The summed E-state index contributed by atoms with van der Waals surface area (Å²) in [5.74, 6) is 0.369. The Hall–Kier alpha value is -2.15. The van der Waals surface area contributed by atoms with Crippen molar-refractivity contribution in [2.45, 2.75) is 53.2 Å². The highest BCUT2D eigenvalue weighted by atomic mass is 16.3. The summed E-state index contributed by atoms with van der Waals surface area (Å²) >= 11 is 0. The van der Waals surface area contributed by atoms with Gasteiger partial charge >= 0.3 is 0 Å². The zero-order valence-corrected chi connectivity index (χ0v) is 16.0. The first kappa shape index (κ1) is 19.2. The number of aryl methyl sites for hydroxylation is 2. The van der Waals surface area contributed by atoms with Gasteiger partial charge in [-0.1, -0.05) is 13.8 Å². The van der Waals surface area contributed by atoms with E-state index in [1.807, 2.05) is 18.5 Å². The lowest BCUT2D eigenvalue weighted by molar-refractivity contribution is -0.121. The van der Waals surface area contributed by atoms with Gasteiger partial charge in [-0.25, -0.2) is 0 Å².